The highest BCUT2D eigenvalue weighted by atomic mass is 79.9. The maximum atomic E-state index is 13.9. The first-order valence-corrected chi connectivity index (χ1v) is 8.31. The van der Waals surface area contributed by atoms with E-state index in [2.05, 4.69) is 20.8 Å². The second-order valence-electron chi connectivity index (χ2n) is 5.19. The van der Waals surface area contributed by atoms with Gasteiger partial charge in [0.05, 0.1) is 22.5 Å². The first-order chi connectivity index (χ1) is 10.8. The Hall–Kier alpha value is -1.91. The zero-order chi connectivity index (χ0) is 17.1. The van der Waals surface area contributed by atoms with Gasteiger partial charge in [0.25, 0.3) is 0 Å². The highest BCUT2D eigenvalue weighted by molar-refractivity contribution is 9.10. The van der Waals surface area contributed by atoms with Gasteiger partial charge in [-0.3, -0.25) is 0 Å². The Morgan fingerprint density at radius 3 is 2.74 bits per heavy atom. The number of benzene rings is 1. The Kier molecular flexibility index (Phi) is 5.39. The fraction of sp³-hybridized carbons (Fsp3) is 0.250. The molecule has 0 unspecified atom stereocenters. The minimum atomic E-state index is -1.32. The standard InChI is InChI=1S/C16H13BrFNO3S/c1-8(2)7-22-11-5-4-9(6-10(11)19-3)14-12(17)13(18)15(23-14)16(20)21/h4-6,8H,7H2,1-2H3,(H,20,21). The molecule has 0 fully saturated rings. The van der Waals surface area contributed by atoms with Crippen molar-refractivity contribution < 1.29 is 19.0 Å². The molecule has 0 aliphatic carbocycles. The van der Waals surface area contributed by atoms with Crippen LogP contribution in [0.3, 0.4) is 0 Å². The number of carboxylic acid groups (broad SMARTS) is 1. The zero-order valence-corrected chi connectivity index (χ0v) is 14.8. The van der Waals surface area contributed by atoms with E-state index in [4.69, 9.17) is 16.4 Å². The molecule has 0 aliphatic heterocycles. The van der Waals surface area contributed by atoms with E-state index in [1.54, 1.807) is 18.2 Å². The van der Waals surface area contributed by atoms with Crippen LogP contribution in [-0.2, 0) is 0 Å². The van der Waals surface area contributed by atoms with Gasteiger partial charge in [-0.2, -0.15) is 0 Å². The fourth-order valence-corrected chi connectivity index (χ4v) is 3.55. The van der Waals surface area contributed by atoms with Crippen molar-refractivity contribution in [1.82, 2.24) is 0 Å². The molecule has 0 atom stereocenters. The molecule has 0 saturated carbocycles. The van der Waals surface area contributed by atoms with E-state index in [9.17, 15) is 9.18 Å². The minimum absolute atomic E-state index is 0.0895. The van der Waals surface area contributed by atoms with Crippen LogP contribution in [0.25, 0.3) is 15.3 Å². The third-order valence-electron chi connectivity index (χ3n) is 2.90. The molecule has 0 radical (unpaired) electrons. The van der Waals surface area contributed by atoms with Gasteiger partial charge in [-0.25, -0.2) is 14.0 Å². The third kappa shape index (κ3) is 3.71. The summed E-state index contributed by atoms with van der Waals surface area (Å²) in [6.45, 7) is 11.8. The first kappa shape index (κ1) is 17.4. The molecule has 4 nitrogen and oxygen atoms in total. The topological polar surface area (TPSA) is 50.9 Å². The van der Waals surface area contributed by atoms with Crippen molar-refractivity contribution in [3.05, 3.63) is 44.8 Å². The van der Waals surface area contributed by atoms with Crippen LogP contribution in [0, 0.1) is 18.3 Å². The van der Waals surface area contributed by atoms with Gasteiger partial charge in [0.15, 0.2) is 5.82 Å². The summed E-state index contributed by atoms with van der Waals surface area (Å²) in [6, 6.07) is 4.91. The fourth-order valence-electron chi connectivity index (χ4n) is 1.84. The average molecular weight is 398 g/mol. The molecular weight excluding hydrogens is 385 g/mol. The van der Waals surface area contributed by atoms with Gasteiger partial charge in [0, 0.05) is 0 Å². The molecule has 1 aromatic heterocycles. The van der Waals surface area contributed by atoms with Crippen LogP contribution in [-0.4, -0.2) is 17.7 Å². The van der Waals surface area contributed by atoms with Gasteiger partial charge in [0.1, 0.15) is 10.6 Å². The van der Waals surface area contributed by atoms with Gasteiger partial charge in [-0.15, -0.1) is 11.3 Å². The second-order valence-corrected chi connectivity index (χ2v) is 7.01. The number of carboxylic acids is 1. The summed E-state index contributed by atoms with van der Waals surface area (Å²) in [4.78, 5) is 14.5. The minimum Gasteiger partial charge on any atom is -0.504 e. The van der Waals surface area contributed by atoms with Crippen molar-refractivity contribution in [2.24, 2.45) is 5.92 Å². The van der Waals surface area contributed by atoms with Gasteiger partial charge < -0.3 is 9.84 Å². The number of carbonyl (C=O) groups is 1. The number of hydrogen-bond acceptors (Lipinski definition) is 3. The lowest BCUT2D eigenvalue weighted by atomic mass is 10.1. The highest BCUT2D eigenvalue weighted by Gasteiger charge is 2.22. The van der Waals surface area contributed by atoms with E-state index in [-0.39, 0.29) is 9.35 Å². The van der Waals surface area contributed by atoms with Crippen LogP contribution in [0.1, 0.15) is 23.5 Å². The average Bonchev–Trinajstić information content (AvgIpc) is 2.81. The van der Waals surface area contributed by atoms with Crippen molar-refractivity contribution in [3.8, 4) is 16.2 Å². The maximum absolute atomic E-state index is 13.9. The molecule has 1 N–H and O–H groups in total. The Balaban J connectivity index is 2.44. The van der Waals surface area contributed by atoms with Crippen molar-refractivity contribution in [2.75, 3.05) is 6.61 Å². The Labute approximate surface area is 145 Å². The lowest BCUT2D eigenvalue weighted by Gasteiger charge is -2.11. The van der Waals surface area contributed by atoms with E-state index >= 15 is 0 Å². The van der Waals surface area contributed by atoms with Crippen LogP contribution < -0.4 is 4.74 Å². The van der Waals surface area contributed by atoms with E-state index in [1.807, 2.05) is 13.8 Å². The van der Waals surface area contributed by atoms with Crippen molar-refractivity contribution in [3.63, 3.8) is 0 Å². The first-order valence-electron chi connectivity index (χ1n) is 6.70. The van der Waals surface area contributed by atoms with Gasteiger partial charge in [-0.05, 0) is 39.5 Å². The Morgan fingerprint density at radius 2 is 2.22 bits per heavy atom. The number of ether oxygens (including phenoxy) is 1. The summed E-state index contributed by atoms with van der Waals surface area (Å²) in [6.07, 6.45) is 0. The third-order valence-corrected chi connectivity index (χ3v) is 5.11. The number of halogens is 2. The Morgan fingerprint density at radius 1 is 1.52 bits per heavy atom. The van der Waals surface area contributed by atoms with Gasteiger partial charge >= 0.3 is 5.97 Å². The summed E-state index contributed by atoms with van der Waals surface area (Å²) >= 11 is 3.91. The molecule has 0 aliphatic rings. The molecule has 120 valence electrons. The molecule has 7 heteroatoms. The molecule has 0 spiro atoms. The van der Waals surface area contributed by atoms with E-state index in [0.29, 0.717) is 34.4 Å². The summed E-state index contributed by atoms with van der Waals surface area (Å²) in [7, 11) is 0. The van der Waals surface area contributed by atoms with E-state index in [1.165, 1.54) is 0 Å². The predicted molar refractivity (Wildman–Crippen MR) is 91.0 cm³/mol. The smallest absolute Gasteiger partial charge is 0.348 e. The van der Waals surface area contributed by atoms with Crippen LogP contribution in [0.4, 0.5) is 10.1 Å². The Bertz CT molecular complexity index is 795. The van der Waals surface area contributed by atoms with Crippen molar-refractivity contribution >= 4 is 38.9 Å². The van der Waals surface area contributed by atoms with Crippen LogP contribution in [0.5, 0.6) is 5.75 Å². The lowest BCUT2D eigenvalue weighted by molar-refractivity contribution is 0.0697. The molecular formula is C16H13BrFNO3S. The monoisotopic (exact) mass is 397 g/mol. The summed E-state index contributed by atoms with van der Waals surface area (Å²) < 4.78 is 19.6. The van der Waals surface area contributed by atoms with Gasteiger partial charge in [-0.1, -0.05) is 19.9 Å². The van der Waals surface area contributed by atoms with Crippen LogP contribution in [0.2, 0.25) is 0 Å². The molecule has 23 heavy (non-hydrogen) atoms. The zero-order valence-electron chi connectivity index (χ0n) is 12.4. The van der Waals surface area contributed by atoms with Crippen molar-refractivity contribution in [2.45, 2.75) is 13.8 Å². The molecule has 0 saturated heterocycles. The number of hydrogen-bond donors (Lipinski definition) is 1. The van der Waals surface area contributed by atoms with Crippen LogP contribution in [0.15, 0.2) is 22.7 Å². The van der Waals surface area contributed by atoms with Gasteiger partial charge in [0.2, 0.25) is 5.69 Å². The second kappa shape index (κ2) is 7.11. The summed E-state index contributed by atoms with van der Waals surface area (Å²) in [5.74, 6) is -1.33. The largest absolute Gasteiger partial charge is 0.504 e. The van der Waals surface area contributed by atoms with Crippen molar-refractivity contribution in [1.29, 1.82) is 0 Å². The molecule has 2 rings (SSSR count). The summed E-state index contributed by atoms with van der Waals surface area (Å²) in [5, 5.41) is 9.00. The van der Waals surface area contributed by atoms with Crippen LogP contribution >= 0.6 is 27.3 Å². The number of aromatic carboxylic acids is 1. The van der Waals surface area contributed by atoms with E-state index < -0.39 is 11.8 Å². The molecule has 0 bridgehead atoms. The highest BCUT2D eigenvalue weighted by Crippen LogP contribution is 2.42. The number of nitrogens with zero attached hydrogens (tertiary/aromatic N) is 1. The van der Waals surface area contributed by atoms with E-state index in [0.717, 1.165) is 11.3 Å². The maximum Gasteiger partial charge on any atom is 0.348 e. The molecule has 2 aromatic rings. The molecule has 0 amide bonds. The predicted octanol–water partition coefficient (Wildman–Crippen LogP) is 5.60. The summed E-state index contributed by atoms with van der Waals surface area (Å²) in [5.41, 5.74) is 0.872. The number of thiophene rings is 1. The number of rotatable bonds is 5. The SMILES string of the molecule is [C-]#[N+]c1cc(-c2sc(C(=O)O)c(F)c2Br)ccc1OCC(C)C. The quantitative estimate of drug-likeness (QED) is 0.667. The lowest BCUT2D eigenvalue weighted by Crippen LogP contribution is -2.04. The normalized spacial score (nSPS) is 10.6. The molecule has 1 aromatic carbocycles. The molecule has 1 heterocycles.